The molecule has 2 rings (SSSR count). The lowest BCUT2D eigenvalue weighted by atomic mass is 10.0. The highest BCUT2D eigenvalue weighted by molar-refractivity contribution is 6.19. The molecule has 0 aliphatic carbocycles. The molecule has 2 aromatic heterocycles. The van der Waals surface area contributed by atoms with Crippen LogP contribution in [0, 0.1) is 6.92 Å². The van der Waals surface area contributed by atoms with Crippen LogP contribution in [0.4, 0.5) is 0 Å². The molecule has 0 saturated heterocycles. The normalized spacial score (nSPS) is 11.5. The lowest BCUT2D eigenvalue weighted by Gasteiger charge is -2.22. The number of hydrogen-bond acceptors (Lipinski definition) is 3. The van der Waals surface area contributed by atoms with Crippen molar-refractivity contribution in [3.05, 3.63) is 65.5 Å². The molecule has 0 fully saturated rings. The molecule has 5 heteroatoms. The maximum Gasteiger partial charge on any atom is 0.338 e. The predicted molar refractivity (Wildman–Crippen MR) is 122 cm³/mol. The Balaban J connectivity index is 0.000000749. The molecule has 0 amide bonds. The maximum atomic E-state index is 12.4. The molecule has 0 N–H and O–H groups in total. The molecule has 2 aromatic rings. The number of rotatable bonds is 9. The van der Waals surface area contributed by atoms with Crippen molar-refractivity contribution in [2.75, 3.05) is 19.1 Å². The molecule has 0 saturated carbocycles. The first-order chi connectivity index (χ1) is 13.8. The van der Waals surface area contributed by atoms with E-state index in [9.17, 15) is 4.79 Å². The van der Waals surface area contributed by atoms with Crippen molar-refractivity contribution < 1.29 is 14.3 Å². The number of fused-ring (bicyclic) bond motifs is 1. The minimum absolute atomic E-state index is 0.101. The van der Waals surface area contributed by atoms with Gasteiger partial charge in [0.15, 0.2) is 0 Å². The molecule has 2 heterocycles. The zero-order chi connectivity index (χ0) is 22.0. The van der Waals surface area contributed by atoms with Gasteiger partial charge in [-0.25, -0.2) is 4.79 Å². The van der Waals surface area contributed by atoms with Crippen molar-refractivity contribution in [1.82, 2.24) is 4.40 Å². The van der Waals surface area contributed by atoms with Gasteiger partial charge in [-0.2, -0.15) is 0 Å². The number of ether oxygens (including phenoxy) is 2. The van der Waals surface area contributed by atoms with E-state index in [0.717, 1.165) is 40.8 Å². The number of allylic oxidation sites excluding steroid dienone is 1. The van der Waals surface area contributed by atoms with Crippen molar-refractivity contribution in [2.45, 2.75) is 53.6 Å². The molecule has 0 spiro atoms. The summed E-state index contributed by atoms with van der Waals surface area (Å²) < 4.78 is 13.5. The van der Waals surface area contributed by atoms with Crippen molar-refractivity contribution in [3.63, 3.8) is 0 Å². The third-order valence-electron chi connectivity index (χ3n) is 4.21. The molecule has 0 aliphatic heterocycles. The van der Waals surface area contributed by atoms with Crippen LogP contribution in [0.3, 0.4) is 0 Å². The first-order valence-electron chi connectivity index (χ1n) is 10.0. The first-order valence-corrected chi connectivity index (χ1v) is 10.5. The summed E-state index contributed by atoms with van der Waals surface area (Å²) in [5, 5.41) is 0. The van der Waals surface area contributed by atoms with Crippen molar-refractivity contribution in [1.29, 1.82) is 0 Å². The van der Waals surface area contributed by atoms with Crippen LogP contribution in [0.2, 0.25) is 0 Å². The van der Waals surface area contributed by atoms with Crippen LogP contribution in [-0.2, 0) is 9.47 Å². The molecule has 160 valence electrons. The second kappa shape index (κ2) is 12.5. The number of pyridine rings is 1. The van der Waals surface area contributed by atoms with Crippen LogP contribution in [-0.4, -0.2) is 29.5 Å². The number of hydrogen-bond donors (Lipinski definition) is 0. The van der Waals surface area contributed by atoms with E-state index in [1.165, 1.54) is 0 Å². The molecular weight excluding hydrogens is 386 g/mol. The van der Waals surface area contributed by atoms with Gasteiger partial charge < -0.3 is 13.9 Å². The number of halogens is 1. The second-order valence-corrected chi connectivity index (χ2v) is 7.53. The number of nitrogens with zero attached hydrogens (tertiary/aromatic N) is 1. The van der Waals surface area contributed by atoms with Gasteiger partial charge in [0.05, 0.1) is 30.6 Å². The van der Waals surface area contributed by atoms with Crippen LogP contribution in [0.25, 0.3) is 5.52 Å². The van der Waals surface area contributed by atoms with Gasteiger partial charge in [-0.3, -0.25) is 0 Å². The molecule has 1 unspecified atom stereocenters. The number of aromatic nitrogens is 1. The summed E-state index contributed by atoms with van der Waals surface area (Å²) in [6, 6.07) is 5.86. The van der Waals surface area contributed by atoms with Crippen molar-refractivity contribution >= 4 is 23.1 Å². The Bertz CT molecular complexity index is 838. The van der Waals surface area contributed by atoms with Gasteiger partial charge in [-0.15, -0.1) is 11.6 Å². The minimum Gasteiger partial charge on any atom is -0.462 e. The maximum absolute atomic E-state index is 12.4. The molecular formula is C24H34ClNO3. The Kier molecular flexibility index (Phi) is 10.8. The monoisotopic (exact) mass is 419 g/mol. The quantitative estimate of drug-likeness (QED) is 0.259. The molecule has 0 bridgehead atoms. The Morgan fingerprint density at radius 3 is 2.41 bits per heavy atom. The average molecular weight is 420 g/mol. The van der Waals surface area contributed by atoms with Crippen LogP contribution in [0.5, 0.6) is 0 Å². The third-order valence-corrected chi connectivity index (χ3v) is 4.67. The number of esters is 1. The van der Waals surface area contributed by atoms with E-state index >= 15 is 0 Å². The average Bonchev–Trinajstić information content (AvgIpc) is 3.15. The van der Waals surface area contributed by atoms with Gasteiger partial charge in [0.25, 0.3) is 0 Å². The van der Waals surface area contributed by atoms with E-state index in [1.54, 1.807) is 0 Å². The van der Waals surface area contributed by atoms with Gasteiger partial charge in [0.1, 0.15) is 0 Å². The smallest absolute Gasteiger partial charge is 0.338 e. The molecule has 4 nitrogen and oxygen atoms in total. The van der Waals surface area contributed by atoms with E-state index in [2.05, 4.69) is 24.5 Å². The highest BCUT2D eigenvalue weighted by atomic mass is 35.5. The van der Waals surface area contributed by atoms with Gasteiger partial charge in [0, 0.05) is 17.6 Å². The number of carbonyl (C=O) groups excluding carboxylic acids is 1. The van der Waals surface area contributed by atoms with Crippen molar-refractivity contribution in [2.24, 2.45) is 0 Å². The zero-order valence-electron chi connectivity index (χ0n) is 18.4. The van der Waals surface area contributed by atoms with Crippen LogP contribution < -0.4 is 0 Å². The summed E-state index contributed by atoms with van der Waals surface area (Å²) in [4.78, 5) is 12.4. The fourth-order valence-corrected chi connectivity index (χ4v) is 2.82. The first kappa shape index (κ1) is 25.0. The topological polar surface area (TPSA) is 39.9 Å². The minimum atomic E-state index is -0.269. The van der Waals surface area contributed by atoms with Crippen LogP contribution >= 0.6 is 11.6 Å². The summed E-state index contributed by atoms with van der Waals surface area (Å²) in [7, 11) is 0. The summed E-state index contributed by atoms with van der Waals surface area (Å²) in [5.74, 6) is 0.314. The Morgan fingerprint density at radius 1 is 1.24 bits per heavy atom. The van der Waals surface area contributed by atoms with E-state index in [1.807, 2.05) is 52.1 Å². The van der Waals surface area contributed by atoms with Gasteiger partial charge >= 0.3 is 5.97 Å². The fraction of sp³-hybridized carbons (Fsp3) is 0.458. The van der Waals surface area contributed by atoms with Crippen molar-refractivity contribution in [3.8, 4) is 0 Å². The molecule has 0 aromatic carbocycles. The lowest BCUT2D eigenvalue weighted by molar-refractivity contribution is 0.0499. The molecule has 1 atom stereocenters. The van der Waals surface area contributed by atoms with Gasteiger partial charge in [0.2, 0.25) is 0 Å². The van der Waals surface area contributed by atoms with E-state index in [-0.39, 0.29) is 12.1 Å². The Hall–Kier alpha value is -2.04. The van der Waals surface area contributed by atoms with Gasteiger partial charge in [-0.05, 0) is 57.4 Å². The molecule has 29 heavy (non-hydrogen) atoms. The van der Waals surface area contributed by atoms with Gasteiger partial charge in [-0.1, -0.05) is 38.2 Å². The van der Waals surface area contributed by atoms with E-state index in [4.69, 9.17) is 21.1 Å². The highest BCUT2D eigenvalue weighted by Crippen LogP contribution is 2.29. The summed E-state index contributed by atoms with van der Waals surface area (Å²) in [6.07, 6.45) is 3.53. The highest BCUT2D eigenvalue weighted by Gasteiger charge is 2.22. The van der Waals surface area contributed by atoms with E-state index in [0.29, 0.717) is 24.7 Å². The molecule has 0 radical (unpaired) electrons. The summed E-state index contributed by atoms with van der Waals surface area (Å²) >= 11 is 5.24. The predicted octanol–water partition coefficient (Wildman–Crippen LogP) is 6.66. The SMILES string of the molecule is C=C(C)CCl.C=C(C)COC(CC)c1c(C)c(C(=O)OCCC)cc2cccn12. The third kappa shape index (κ3) is 7.37. The summed E-state index contributed by atoms with van der Waals surface area (Å²) in [6.45, 7) is 18.3. The Labute approximate surface area is 180 Å². The zero-order valence-corrected chi connectivity index (χ0v) is 19.1. The standard InChI is InChI=1S/C20H27NO3.C4H7Cl/c1-6-11-23-20(22)17-12-16-9-8-10-21(16)19(15(17)5)18(7-2)24-13-14(3)4;1-4(2)3-5/h8-10,12,18H,3,6-7,11,13H2,1-2,4-5H3;1,3H2,2H3. The second-order valence-electron chi connectivity index (χ2n) is 7.26. The largest absolute Gasteiger partial charge is 0.462 e. The molecule has 0 aliphatic rings. The van der Waals surface area contributed by atoms with E-state index < -0.39 is 0 Å². The number of carbonyl (C=O) groups is 1. The lowest BCUT2D eigenvalue weighted by Crippen LogP contribution is -2.16. The van der Waals surface area contributed by atoms with Crippen LogP contribution in [0.1, 0.15) is 68.3 Å². The summed E-state index contributed by atoms with van der Waals surface area (Å²) in [5.41, 5.74) is 5.50. The number of alkyl halides is 1. The fourth-order valence-electron chi connectivity index (χ4n) is 2.82. The Morgan fingerprint density at radius 2 is 1.90 bits per heavy atom. The van der Waals surface area contributed by atoms with Crippen LogP contribution in [0.15, 0.2) is 48.7 Å².